The maximum atomic E-state index is 12.9. The van der Waals surface area contributed by atoms with Crippen LogP contribution in [0.4, 0.5) is 4.39 Å². The topological polar surface area (TPSA) is 66.5 Å². The van der Waals surface area contributed by atoms with Crippen molar-refractivity contribution in [2.75, 3.05) is 13.1 Å². The van der Waals surface area contributed by atoms with Gasteiger partial charge in [0.1, 0.15) is 5.82 Å². The zero-order valence-corrected chi connectivity index (χ0v) is 17.4. The molecule has 2 aromatic carbocycles. The van der Waals surface area contributed by atoms with Crippen molar-refractivity contribution >= 4 is 15.9 Å². The van der Waals surface area contributed by atoms with Gasteiger partial charge in [0.25, 0.3) is 0 Å². The summed E-state index contributed by atoms with van der Waals surface area (Å²) in [5.74, 6) is 0.0101. The summed E-state index contributed by atoms with van der Waals surface area (Å²) < 4.78 is 39.9. The lowest BCUT2D eigenvalue weighted by molar-refractivity contribution is -0.121. The van der Waals surface area contributed by atoms with Gasteiger partial charge < -0.3 is 5.32 Å². The van der Waals surface area contributed by atoms with Gasteiger partial charge in [-0.05, 0) is 61.9 Å². The maximum Gasteiger partial charge on any atom is 0.243 e. The summed E-state index contributed by atoms with van der Waals surface area (Å²) in [4.78, 5) is 12.4. The molecule has 5 nitrogen and oxygen atoms in total. The molecule has 1 heterocycles. The Balaban J connectivity index is 1.42. The van der Waals surface area contributed by atoms with E-state index in [1.54, 1.807) is 28.6 Å². The van der Waals surface area contributed by atoms with Crippen molar-refractivity contribution in [2.24, 2.45) is 5.92 Å². The van der Waals surface area contributed by atoms with E-state index >= 15 is 0 Å². The molecule has 1 fully saturated rings. The second-order valence-electron chi connectivity index (χ2n) is 7.60. The van der Waals surface area contributed by atoms with Crippen LogP contribution < -0.4 is 5.32 Å². The number of piperidine rings is 1. The Hall–Kier alpha value is -2.25. The zero-order chi connectivity index (χ0) is 20.9. The average Bonchev–Trinajstić information content (AvgIpc) is 2.72. The number of amides is 1. The standard InChI is InChI=1S/C22H27FN2O3S/c1-17-2-9-21(10-3-17)29(27,28)25-14-12-18(13-15-25)6-11-22(26)24-16-19-4-7-20(23)8-5-19/h2-5,7-10,18H,6,11-16H2,1H3,(H,24,26). The summed E-state index contributed by atoms with van der Waals surface area (Å²) in [7, 11) is -3.45. The molecule has 0 bridgehead atoms. The van der Waals surface area contributed by atoms with Gasteiger partial charge in [-0.15, -0.1) is 0 Å². The quantitative estimate of drug-likeness (QED) is 0.747. The highest BCUT2D eigenvalue weighted by Gasteiger charge is 2.29. The van der Waals surface area contributed by atoms with Gasteiger partial charge in [-0.1, -0.05) is 29.8 Å². The Morgan fingerprint density at radius 1 is 1.07 bits per heavy atom. The normalized spacial score (nSPS) is 15.9. The number of rotatable bonds is 7. The number of benzene rings is 2. The number of carbonyl (C=O) groups is 1. The van der Waals surface area contributed by atoms with E-state index in [0.29, 0.717) is 36.9 Å². The second-order valence-corrected chi connectivity index (χ2v) is 9.54. The number of nitrogens with one attached hydrogen (secondary N) is 1. The largest absolute Gasteiger partial charge is 0.352 e. The van der Waals surface area contributed by atoms with E-state index in [2.05, 4.69) is 5.32 Å². The minimum Gasteiger partial charge on any atom is -0.352 e. The van der Waals surface area contributed by atoms with Crippen LogP contribution in [-0.2, 0) is 21.4 Å². The van der Waals surface area contributed by atoms with E-state index in [9.17, 15) is 17.6 Å². The fourth-order valence-electron chi connectivity index (χ4n) is 3.52. The Kier molecular flexibility index (Phi) is 7.03. The van der Waals surface area contributed by atoms with E-state index in [0.717, 1.165) is 30.4 Å². The lowest BCUT2D eigenvalue weighted by Crippen LogP contribution is -2.38. The van der Waals surface area contributed by atoms with Crippen LogP contribution in [0.15, 0.2) is 53.4 Å². The minimum atomic E-state index is -3.45. The molecule has 29 heavy (non-hydrogen) atoms. The fourth-order valence-corrected chi connectivity index (χ4v) is 4.99. The Morgan fingerprint density at radius 3 is 2.31 bits per heavy atom. The molecule has 0 atom stereocenters. The molecule has 0 saturated carbocycles. The summed E-state index contributed by atoms with van der Waals surface area (Å²) in [6.07, 6.45) is 2.68. The third kappa shape index (κ3) is 5.87. The average molecular weight is 419 g/mol. The van der Waals surface area contributed by atoms with Gasteiger partial charge in [-0.3, -0.25) is 4.79 Å². The van der Waals surface area contributed by atoms with Crippen molar-refractivity contribution in [3.05, 3.63) is 65.5 Å². The predicted molar refractivity (Wildman–Crippen MR) is 110 cm³/mol. The highest BCUT2D eigenvalue weighted by Crippen LogP contribution is 2.26. The van der Waals surface area contributed by atoms with Gasteiger partial charge in [0.15, 0.2) is 0 Å². The molecule has 1 amide bonds. The van der Waals surface area contributed by atoms with Gasteiger partial charge in [-0.25, -0.2) is 12.8 Å². The summed E-state index contributed by atoms with van der Waals surface area (Å²) in [5.41, 5.74) is 1.88. The van der Waals surface area contributed by atoms with Gasteiger partial charge >= 0.3 is 0 Å². The molecular weight excluding hydrogens is 391 g/mol. The number of hydrogen-bond donors (Lipinski definition) is 1. The molecular formula is C22H27FN2O3S. The highest BCUT2D eigenvalue weighted by atomic mass is 32.2. The molecule has 3 rings (SSSR count). The van der Waals surface area contributed by atoms with Crippen LogP contribution in [0.25, 0.3) is 0 Å². The minimum absolute atomic E-state index is 0.0379. The Morgan fingerprint density at radius 2 is 1.69 bits per heavy atom. The molecule has 1 aliphatic rings. The van der Waals surface area contributed by atoms with Crippen LogP contribution in [0.3, 0.4) is 0 Å². The molecule has 0 spiro atoms. The first kappa shape index (κ1) is 21.5. The monoisotopic (exact) mass is 418 g/mol. The lowest BCUT2D eigenvalue weighted by Gasteiger charge is -2.31. The number of carbonyl (C=O) groups excluding carboxylic acids is 1. The third-order valence-corrected chi connectivity index (χ3v) is 7.33. The summed E-state index contributed by atoms with van der Waals surface area (Å²) in [6, 6.07) is 13.0. The lowest BCUT2D eigenvalue weighted by atomic mass is 9.93. The van der Waals surface area contributed by atoms with Crippen molar-refractivity contribution in [2.45, 2.75) is 44.0 Å². The molecule has 0 aliphatic carbocycles. The Bertz CT molecular complexity index is 920. The molecule has 1 saturated heterocycles. The van der Waals surface area contributed by atoms with Crippen LogP contribution in [0.5, 0.6) is 0 Å². The van der Waals surface area contributed by atoms with Gasteiger partial charge in [0, 0.05) is 26.1 Å². The smallest absolute Gasteiger partial charge is 0.243 e. The molecule has 7 heteroatoms. The number of sulfonamides is 1. The van der Waals surface area contributed by atoms with Crippen molar-refractivity contribution in [3.63, 3.8) is 0 Å². The number of hydrogen-bond acceptors (Lipinski definition) is 3. The van der Waals surface area contributed by atoms with Crippen LogP contribution >= 0.6 is 0 Å². The maximum absolute atomic E-state index is 12.9. The fraction of sp³-hybridized carbons (Fsp3) is 0.409. The second kappa shape index (κ2) is 9.50. The third-order valence-electron chi connectivity index (χ3n) is 5.41. The number of nitrogens with zero attached hydrogens (tertiary/aromatic N) is 1. The molecule has 2 aromatic rings. The van der Waals surface area contributed by atoms with Crippen LogP contribution in [0, 0.1) is 18.7 Å². The van der Waals surface area contributed by atoms with E-state index in [1.807, 2.05) is 19.1 Å². The van der Waals surface area contributed by atoms with E-state index < -0.39 is 10.0 Å². The SMILES string of the molecule is Cc1ccc(S(=O)(=O)N2CCC(CCC(=O)NCc3ccc(F)cc3)CC2)cc1. The summed E-state index contributed by atoms with van der Waals surface area (Å²) in [5, 5.41) is 2.85. The van der Waals surface area contributed by atoms with Crippen molar-refractivity contribution in [1.29, 1.82) is 0 Å². The first-order valence-corrected chi connectivity index (χ1v) is 11.4. The highest BCUT2D eigenvalue weighted by molar-refractivity contribution is 7.89. The molecule has 1 aliphatic heterocycles. The van der Waals surface area contributed by atoms with E-state index in [1.165, 1.54) is 12.1 Å². The van der Waals surface area contributed by atoms with Crippen molar-refractivity contribution in [3.8, 4) is 0 Å². The van der Waals surface area contributed by atoms with Crippen molar-refractivity contribution in [1.82, 2.24) is 9.62 Å². The summed E-state index contributed by atoms with van der Waals surface area (Å²) >= 11 is 0. The van der Waals surface area contributed by atoms with Gasteiger partial charge in [-0.2, -0.15) is 4.31 Å². The molecule has 1 N–H and O–H groups in total. The number of halogens is 1. The van der Waals surface area contributed by atoms with E-state index in [4.69, 9.17) is 0 Å². The molecule has 0 unspecified atom stereocenters. The van der Waals surface area contributed by atoms with E-state index in [-0.39, 0.29) is 11.7 Å². The Labute approximate surface area is 172 Å². The molecule has 0 radical (unpaired) electrons. The van der Waals surface area contributed by atoms with Crippen molar-refractivity contribution < 1.29 is 17.6 Å². The molecule has 156 valence electrons. The molecule has 0 aromatic heterocycles. The first-order valence-electron chi connectivity index (χ1n) is 9.92. The zero-order valence-electron chi connectivity index (χ0n) is 16.6. The van der Waals surface area contributed by atoms with Gasteiger partial charge in [0.2, 0.25) is 15.9 Å². The van der Waals surface area contributed by atoms with Gasteiger partial charge in [0.05, 0.1) is 4.90 Å². The number of aryl methyl sites for hydroxylation is 1. The van der Waals surface area contributed by atoms with Crippen LogP contribution in [0.1, 0.15) is 36.8 Å². The predicted octanol–water partition coefficient (Wildman–Crippen LogP) is 3.63. The first-order chi connectivity index (χ1) is 13.8. The summed E-state index contributed by atoms with van der Waals surface area (Å²) in [6.45, 7) is 3.28. The van der Waals surface area contributed by atoms with Crippen LogP contribution in [-0.4, -0.2) is 31.7 Å². The van der Waals surface area contributed by atoms with Crippen LogP contribution in [0.2, 0.25) is 0 Å².